The van der Waals surface area contributed by atoms with Gasteiger partial charge in [0.1, 0.15) is 5.82 Å². The molecule has 0 spiro atoms. The van der Waals surface area contributed by atoms with Gasteiger partial charge in [0.05, 0.1) is 0 Å². The van der Waals surface area contributed by atoms with Crippen LogP contribution in [0.5, 0.6) is 0 Å². The molecule has 3 N–H and O–H groups in total. The van der Waals surface area contributed by atoms with Crippen LogP contribution >= 0.6 is 0 Å². The standard InChI is InChI=1S/C12H21N3/c1-9(2)7-11(14-3)8-10-5-4-6-15-12(10)13/h4-6,9,11,14H,7-8H2,1-3H3,(H2,13,15). The van der Waals surface area contributed by atoms with Gasteiger partial charge in [0.15, 0.2) is 0 Å². The van der Waals surface area contributed by atoms with Gasteiger partial charge in [0, 0.05) is 12.2 Å². The van der Waals surface area contributed by atoms with E-state index in [1.807, 2.05) is 19.2 Å². The van der Waals surface area contributed by atoms with Gasteiger partial charge in [0.25, 0.3) is 0 Å². The van der Waals surface area contributed by atoms with Crippen LogP contribution in [0.1, 0.15) is 25.8 Å². The third kappa shape index (κ3) is 3.88. The predicted octanol–water partition coefficient (Wildman–Crippen LogP) is 1.84. The number of nitrogens with one attached hydrogen (secondary N) is 1. The summed E-state index contributed by atoms with van der Waals surface area (Å²) in [7, 11) is 2.00. The number of nitrogen functional groups attached to an aromatic ring is 1. The topological polar surface area (TPSA) is 50.9 Å². The normalized spacial score (nSPS) is 13.1. The highest BCUT2D eigenvalue weighted by Gasteiger charge is 2.11. The van der Waals surface area contributed by atoms with Crippen LogP contribution in [0.4, 0.5) is 5.82 Å². The monoisotopic (exact) mass is 207 g/mol. The van der Waals surface area contributed by atoms with E-state index >= 15 is 0 Å². The van der Waals surface area contributed by atoms with Gasteiger partial charge in [0.2, 0.25) is 0 Å². The summed E-state index contributed by atoms with van der Waals surface area (Å²) in [6.45, 7) is 4.47. The van der Waals surface area contributed by atoms with Crippen LogP contribution in [0.2, 0.25) is 0 Å². The lowest BCUT2D eigenvalue weighted by Crippen LogP contribution is -2.29. The molecule has 1 unspecified atom stereocenters. The van der Waals surface area contributed by atoms with Gasteiger partial charge in [-0.3, -0.25) is 0 Å². The Morgan fingerprint density at radius 1 is 1.47 bits per heavy atom. The lowest BCUT2D eigenvalue weighted by Gasteiger charge is -2.18. The van der Waals surface area contributed by atoms with Crippen LogP contribution < -0.4 is 11.1 Å². The lowest BCUT2D eigenvalue weighted by molar-refractivity contribution is 0.441. The fourth-order valence-corrected chi connectivity index (χ4v) is 1.76. The molecular formula is C12H21N3. The highest BCUT2D eigenvalue weighted by Crippen LogP contribution is 2.14. The van der Waals surface area contributed by atoms with E-state index in [0.29, 0.717) is 17.8 Å². The zero-order valence-corrected chi connectivity index (χ0v) is 9.83. The van der Waals surface area contributed by atoms with Crippen LogP contribution in [0.3, 0.4) is 0 Å². The molecule has 0 amide bonds. The van der Waals surface area contributed by atoms with Gasteiger partial charge >= 0.3 is 0 Å². The number of anilines is 1. The zero-order valence-electron chi connectivity index (χ0n) is 9.83. The van der Waals surface area contributed by atoms with E-state index in [2.05, 4.69) is 24.1 Å². The van der Waals surface area contributed by atoms with Crippen molar-refractivity contribution >= 4 is 5.82 Å². The summed E-state index contributed by atoms with van der Waals surface area (Å²) < 4.78 is 0. The van der Waals surface area contributed by atoms with E-state index in [-0.39, 0.29) is 0 Å². The van der Waals surface area contributed by atoms with Gasteiger partial charge in [-0.05, 0) is 37.4 Å². The summed E-state index contributed by atoms with van der Waals surface area (Å²) in [5.74, 6) is 1.35. The van der Waals surface area contributed by atoms with Crippen molar-refractivity contribution in [1.82, 2.24) is 10.3 Å². The maximum absolute atomic E-state index is 5.82. The average Bonchev–Trinajstić information content (AvgIpc) is 2.19. The molecule has 0 aliphatic carbocycles. The molecule has 3 nitrogen and oxygen atoms in total. The van der Waals surface area contributed by atoms with E-state index in [4.69, 9.17) is 5.73 Å². The second-order valence-electron chi connectivity index (χ2n) is 4.37. The van der Waals surface area contributed by atoms with Crippen LogP contribution in [-0.2, 0) is 6.42 Å². The Labute approximate surface area is 92.1 Å². The van der Waals surface area contributed by atoms with Crippen molar-refractivity contribution in [2.24, 2.45) is 5.92 Å². The summed E-state index contributed by atoms with van der Waals surface area (Å²) in [5.41, 5.74) is 6.95. The van der Waals surface area contributed by atoms with Crippen LogP contribution in [-0.4, -0.2) is 18.1 Å². The number of pyridine rings is 1. The summed E-state index contributed by atoms with van der Waals surface area (Å²) in [6.07, 6.45) is 3.84. The molecular weight excluding hydrogens is 186 g/mol. The Morgan fingerprint density at radius 3 is 2.73 bits per heavy atom. The Hall–Kier alpha value is -1.09. The number of likely N-dealkylation sites (N-methyl/N-ethyl adjacent to an activating group) is 1. The van der Waals surface area contributed by atoms with Gasteiger partial charge in [-0.15, -0.1) is 0 Å². The zero-order chi connectivity index (χ0) is 11.3. The SMILES string of the molecule is CNC(Cc1cccnc1N)CC(C)C. The second-order valence-corrected chi connectivity index (χ2v) is 4.37. The van der Waals surface area contributed by atoms with Gasteiger partial charge < -0.3 is 11.1 Å². The van der Waals surface area contributed by atoms with Gasteiger partial charge in [-0.25, -0.2) is 4.98 Å². The minimum absolute atomic E-state index is 0.483. The number of aromatic nitrogens is 1. The molecule has 1 heterocycles. The fraction of sp³-hybridized carbons (Fsp3) is 0.583. The summed E-state index contributed by atoms with van der Waals surface area (Å²) in [5, 5.41) is 3.33. The first-order chi connectivity index (χ1) is 7.13. The number of nitrogens with two attached hydrogens (primary N) is 1. The summed E-state index contributed by atoms with van der Waals surface area (Å²) >= 11 is 0. The van der Waals surface area contributed by atoms with E-state index in [0.717, 1.165) is 18.4 Å². The fourth-order valence-electron chi connectivity index (χ4n) is 1.76. The number of hydrogen-bond acceptors (Lipinski definition) is 3. The Morgan fingerprint density at radius 2 is 2.20 bits per heavy atom. The Bertz CT molecular complexity index is 297. The van der Waals surface area contributed by atoms with Crippen LogP contribution in [0.15, 0.2) is 18.3 Å². The van der Waals surface area contributed by atoms with E-state index in [9.17, 15) is 0 Å². The third-order valence-electron chi connectivity index (χ3n) is 2.56. The smallest absolute Gasteiger partial charge is 0.126 e. The van der Waals surface area contributed by atoms with E-state index in [1.165, 1.54) is 0 Å². The molecule has 84 valence electrons. The molecule has 15 heavy (non-hydrogen) atoms. The first-order valence-corrected chi connectivity index (χ1v) is 5.50. The molecule has 1 atom stereocenters. The molecule has 0 fully saturated rings. The molecule has 0 bridgehead atoms. The van der Waals surface area contributed by atoms with Crippen molar-refractivity contribution in [3.8, 4) is 0 Å². The Kier molecular flexibility index (Phi) is 4.56. The first kappa shape index (κ1) is 12.0. The van der Waals surface area contributed by atoms with Crippen molar-refractivity contribution in [3.63, 3.8) is 0 Å². The maximum Gasteiger partial charge on any atom is 0.126 e. The molecule has 0 radical (unpaired) electrons. The molecule has 0 saturated heterocycles. The highest BCUT2D eigenvalue weighted by atomic mass is 14.9. The van der Waals surface area contributed by atoms with Crippen molar-refractivity contribution < 1.29 is 0 Å². The molecule has 1 aromatic rings. The minimum Gasteiger partial charge on any atom is -0.383 e. The second kappa shape index (κ2) is 5.71. The first-order valence-electron chi connectivity index (χ1n) is 5.50. The van der Waals surface area contributed by atoms with Crippen molar-refractivity contribution in [1.29, 1.82) is 0 Å². The summed E-state index contributed by atoms with van der Waals surface area (Å²) in [4.78, 5) is 4.10. The lowest BCUT2D eigenvalue weighted by atomic mass is 9.98. The molecule has 0 saturated carbocycles. The molecule has 0 aliphatic rings. The maximum atomic E-state index is 5.82. The van der Waals surface area contributed by atoms with Crippen LogP contribution in [0.25, 0.3) is 0 Å². The van der Waals surface area contributed by atoms with E-state index in [1.54, 1.807) is 6.20 Å². The Balaban J connectivity index is 2.62. The van der Waals surface area contributed by atoms with Crippen LogP contribution in [0, 0.1) is 5.92 Å². The van der Waals surface area contributed by atoms with E-state index < -0.39 is 0 Å². The number of nitrogens with zero attached hydrogens (tertiary/aromatic N) is 1. The molecule has 1 aromatic heterocycles. The predicted molar refractivity (Wildman–Crippen MR) is 64.7 cm³/mol. The van der Waals surface area contributed by atoms with Gasteiger partial charge in [-0.2, -0.15) is 0 Å². The number of rotatable bonds is 5. The highest BCUT2D eigenvalue weighted by molar-refractivity contribution is 5.38. The van der Waals surface area contributed by atoms with Crippen molar-refractivity contribution in [2.75, 3.05) is 12.8 Å². The summed E-state index contributed by atoms with van der Waals surface area (Å²) in [6, 6.07) is 4.47. The molecule has 0 aromatic carbocycles. The van der Waals surface area contributed by atoms with Crippen molar-refractivity contribution in [2.45, 2.75) is 32.7 Å². The molecule has 3 heteroatoms. The third-order valence-corrected chi connectivity index (χ3v) is 2.56. The molecule has 0 aliphatic heterocycles. The van der Waals surface area contributed by atoms with Crippen molar-refractivity contribution in [3.05, 3.63) is 23.9 Å². The molecule has 1 rings (SSSR count). The largest absolute Gasteiger partial charge is 0.383 e. The minimum atomic E-state index is 0.483. The van der Waals surface area contributed by atoms with Gasteiger partial charge in [-0.1, -0.05) is 19.9 Å². The number of hydrogen-bond donors (Lipinski definition) is 2. The quantitative estimate of drug-likeness (QED) is 0.774. The average molecular weight is 207 g/mol.